The van der Waals surface area contributed by atoms with E-state index in [-0.39, 0.29) is 23.7 Å². The SMILES string of the molecule is NC1CCC(Nc2nc(Cl)ccc2F)CC1. The molecule has 1 aliphatic rings. The average Bonchev–Trinajstić information content (AvgIpc) is 2.27. The maximum absolute atomic E-state index is 13.4. The summed E-state index contributed by atoms with van der Waals surface area (Å²) in [6, 6.07) is 3.31. The maximum atomic E-state index is 13.4. The topological polar surface area (TPSA) is 50.9 Å². The lowest BCUT2D eigenvalue weighted by molar-refractivity contribution is 0.409. The predicted octanol–water partition coefficient (Wildman–Crippen LogP) is 2.56. The first-order chi connectivity index (χ1) is 7.65. The number of anilines is 1. The minimum Gasteiger partial charge on any atom is -0.365 e. The first kappa shape index (κ1) is 11.6. The predicted molar refractivity (Wildman–Crippen MR) is 63.1 cm³/mol. The van der Waals surface area contributed by atoms with Crippen molar-refractivity contribution in [1.29, 1.82) is 0 Å². The summed E-state index contributed by atoms with van der Waals surface area (Å²) in [6.45, 7) is 0. The Kier molecular flexibility index (Phi) is 3.61. The lowest BCUT2D eigenvalue weighted by Crippen LogP contribution is -2.33. The van der Waals surface area contributed by atoms with Crippen LogP contribution in [0.2, 0.25) is 5.15 Å². The number of nitrogens with zero attached hydrogens (tertiary/aromatic N) is 1. The molecule has 1 fully saturated rings. The average molecular weight is 244 g/mol. The molecule has 0 atom stereocenters. The normalized spacial score (nSPS) is 25.4. The monoisotopic (exact) mass is 243 g/mol. The van der Waals surface area contributed by atoms with Crippen molar-refractivity contribution in [3.05, 3.63) is 23.1 Å². The molecule has 0 spiro atoms. The fourth-order valence-corrected chi connectivity index (χ4v) is 2.12. The number of hydrogen-bond acceptors (Lipinski definition) is 3. The Morgan fingerprint density at radius 2 is 2.00 bits per heavy atom. The van der Waals surface area contributed by atoms with Crippen molar-refractivity contribution in [1.82, 2.24) is 4.98 Å². The molecule has 2 rings (SSSR count). The smallest absolute Gasteiger partial charge is 0.165 e. The van der Waals surface area contributed by atoms with Crippen LogP contribution >= 0.6 is 11.6 Å². The highest BCUT2D eigenvalue weighted by atomic mass is 35.5. The van der Waals surface area contributed by atoms with Crippen molar-refractivity contribution in [2.45, 2.75) is 37.8 Å². The van der Waals surface area contributed by atoms with Crippen molar-refractivity contribution in [2.24, 2.45) is 5.73 Å². The van der Waals surface area contributed by atoms with Crippen LogP contribution in [0.15, 0.2) is 12.1 Å². The van der Waals surface area contributed by atoms with Crippen molar-refractivity contribution >= 4 is 17.4 Å². The third-order valence-corrected chi connectivity index (χ3v) is 3.14. The van der Waals surface area contributed by atoms with Gasteiger partial charge in [0.15, 0.2) is 11.6 Å². The molecule has 1 aromatic rings. The standard InChI is InChI=1S/C11H15ClFN3/c12-10-6-5-9(13)11(16-10)15-8-3-1-7(14)2-4-8/h5-8H,1-4,14H2,(H,15,16). The Hall–Kier alpha value is -0.870. The van der Waals surface area contributed by atoms with Gasteiger partial charge < -0.3 is 11.1 Å². The maximum Gasteiger partial charge on any atom is 0.165 e. The Labute approximate surface area is 99.2 Å². The summed E-state index contributed by atoms with van der Waals surface area (Å²) in [7, 11) is 0. The zero-order valence-electron chi connectivity index (χ0n) is 8.92. The van der Waals surface area contributed by atoms with E-state index in [4.69, 9.17) is 17.3 Å². The van der Waals surface area contributed by atoms with E-state index in [1.165, 1.54) is 12.1 Å². The van der Waals surface area contributed by atoms with E-state index in [1.54, 1.807) is 0 Å². The van der Waals surface area contributed by atoms with Gasteiger partial charge in [0.25, 0.3) is 0 Å². The molecule has 1 heterocycles. The molecule has 0 radical (unpaired) electrons. The summed E-state index contributed by atoms with van der Waals surface area (Å²) in [5.74, 6) is -0.118. The molecular formula is C11H15ClFN3. The van der Waals surface area contributed by atoms with E-state index in [2.05, 4.69) is 10.3 Å². The number of pyridine rings is 1. The molecule has 0 aromatic carbocycles. The second-order valence-corrected chi connectivity index (χ2v) is 4.61. The van der Waals surface area contributed by atoms with E-state index in [0.29, 0.717) is 5.15 Å². The molecule has 16 heavy (non-hydrogen) atoms. The van der Waals surface area contributed by atoms with Gasteiger partial charge in [-0.2, -0.15) is 0 Å². The molecular weight excluding hydrogens is 229 g/mol. The van der Waals surface area contributed by atoms with E-state index in [0.717, 1.165) is 25.7 Å². The summed E-state index contributed by atoms with van der Waals surface area (Å²) in [6.07, 6.45) is 3.85. The fraction of sp³-hybridized carbons (Fsp3) is 0.545. The Bertz CT molecular complexity index is 364. The Morgan fingerprint density at radius 1 is 1.31 bits per heavy atom. The third-order valence-electron chi connectivity index (χ3n) is 2.92. The Balaban J connectivity index is 2.00. The molecule has 0 unspecified atom stereocenters. The number of rotatable bonds is 2. The first-order valence-corrected chi connectivity index (χ1v) is 5.87. The van der Waals surface area contributed by atoms with Gasteiger partial charge in [-0.05, 0) is 37.8 Å². The van der Waals surface area contributed by atoms with Gasteiger partial charge >= 0.3 is 0 Å². The molecule has 88 valence electrons. The quantitative estimate of drug-likeness (QED) is 0.785. The van der Waals surface area contributed by atoms with Gasteiger partial charge in [0.2, 0.25) is 0 Å². The van der Waals surface area contributed by atoms with Crippen LogP contribution in [0.5, 0.6) is 0 Å². The van der Waals surface area contributed by atoms with Crippen molar-refractivity contribution in [3.63, 3.8) is 0 Å². The minimum atomic E-state index is -0.362. The zero-order chi connectivity index (χ0) is 11.5. The summed E-state index contributed by atoms with van der Waals surface area (Å²) < 4.78 is 13.4. The molecule has 0 bridgehead atoms. The molecule has 0 saturated heterocycles. The summed E-state index contributed by atoms with van der Waals surface area (Å²) in [4.78, 5) is 3.93. The van der Waals surface area contributed by atoms with Gasteiger partial charge in [0.05, 0.1) is 0 Å². The molecule has 5 heteroatoms. The second kappa shape index (κ2) is 4.97. The number of halogens is 2. The van der Waals surface area contributed by atoms with E-state index >= 15 is 0 Å². The number of nitrogens with two attached hydrogens (primary N) is 1. The molecule has 1 aromatic heterocycles. The number of hydrogen-bond donors (Lipinski definition) is 2. The number of nitrogens with one attached hydrogen (secondary N) is 1. The van der Waals surface area contributed by atoms with Crippen LogP contribution in [-0.4, -0.2) is 17.1 Å². The summed E-state index contributed by atoms with van der Waals surface area (Å²) in [5, 5.41) is 3.39. The zero-order valence-corrected chi connectivity index (χ0v) is 9.67. The highest BCUT2D eigenvalue weighted by Gasteiger charge is 2.19. The van der Waals surface area contributed by atoms with Crippen LogP contribution < -0.4 is 11.1 Å². The minimum absolute atomic E-state index is 0.243. The van der Waals surface area contributed by atoms with Gasteiger partial charge in [-0.1, -0.05) is 11.6 Å². The van der Waals surface area contributed by atoms with Crippen molar-refractivity contribution in [3.8, 4) is 0 Å². The molecule has 3 nitrogen and oxygen atoms in total. The fourth-order valence-electron chi connectivity index (χ4n) is 1.98. The Morgan fingerprint density at radius 3 is 2.69 bits per heavy atom. The highest BCUT2D eigenvalue weighted by molar-refractivity contribution is 6.29. The van der Waals surface area contributed by atoms with Gasteiger partial charge in [-0.15, -0.1) is 0 Å². The van der Waals surface area contributed by atoms with Crippen LogP contribution in [-0.2, 0) is 0 Å². The number of aromatic nitrogens is 1. The molecule has 1 aliphatic carbocycles. The lowest BCUT2D eigenvalue weighted by Gasteiger charge is -2.27. The van der Waals surface area contributed by atoms with Crippen LogP contribution in [0.4, 0.5) is 10.2 Å². The summed E-state index contributed by atoms with van der Waals surface area (Å²) in [5.41, 5.74) is 5.81. The van der Waals surface area contributed by atoms with Gasteiger partial charge in [-0.25, -0.2) is 9.37 Å². The van der Waals surface area contributed by atoms with Crippen LogP contribution in [0.25, 0.3) is 0 Å². The molecule has 3 N–H and O–H groups in total. The van der Waals surface area contributed by atoms with Crippen LogP contribution in [0.1, 0.15) is 25.7 Å². The first-order valence-electron chi connectivity index (χ1n) is 5.49. The third kappa shape index (κ3) is 2.83. The summed E-state index contributed by atoms with van der Waals surface area (Å²) >= 11 is 5.72. The van der Waals surface area contributed by atoms with E-state index in [1.807, 2.05) is 0 Å². The largest absolute Gasteiger partial charge is 0.365 e. The van der Waals surface area contributed by atoms with E-state index < -0.39 is 0 Å². The van der Waals surface area contributed by atoms with Gasteiger partial charge in [-0.3, -0.25) is 0 Å². The van der Waals surface area contributed by atoms with E-state index in [9.17, 15) is 4.39 Å². The van der Waals surface area contributed by atoms with Crippen molar-refractivity contribution in [2.75, 3.05) is 5.32 Å². The molecule has 0 amide bonds. The molecule has 0 aliphatic heterocycles. The van der Waals surface area contributed by atoms with Gasteiger partial charge in [0.1, 0.15) is 5.15 Å². The highest BCUT2D eigenvalue weighted by Crippen LogP contribution is 2.22. The van der Waals surface area contributed by atoms with Crippen molar-refractivity contribution < 1.29 is 4.39 Å². The van der Waals surface area contributed by atoms with Crippen LogP contribution in [0, 0.1) is 5.82 Å². The van der Waals surface area contributed by atoms with Gasteiger partial charge in [0, 0.05) is 12.1 Å². The second-order valence-electron chi connectivity index (χ2n) is 4.22. The molecule has 1 saturated carbocycles. The van der Waals surface area contributed by atoms with Crippen LogP contribution in [0.3, 0.4) is 0 Å². The lowest BCUT2D eigenvalue weighted by atomic mass is 9.92.